The number of hydrogen-bond donors (Lipinski definition) is 7. The van der Waals surface area contributed by atoms with E-state index in [2.05, 4.69) is 0 Å². The quantitative estimate of drug-likeness (QED) is 0.248. The summed E-state index contributed by atoms with van der Waals surface area (Å²) >= 11 is 0. The fourth-order valence-corrected chi connectivity index (χ4v) is 3.47. The van der Waals surface area contributed by atoms with Crippen molar-refractivity contribution in [3.63, 3.8) is 0 Å². The molecule has 7 N–H and O–H groups in total. The molecule has 10 atom stereocenters. The highest BCUT2D eigenvalue weighted by atomic mass is 16.7. The summed E-state index contributed by atoms with van der Waals surface area (Å²) in [5.41, 5.74) is -0.0263. The lowest BCUT2D eigenvalue weighted by molar-refractivity contribution is -0.342. The highest BCUT2D eigenvalue weighted by Gasteiger charge is 2.50. The maximum Gasteiger partial charge on any atom is 0.187 e. The van der Waals surface area contributed by atoms with Crippen molar-refractivity contribution in [3.8, 4) is 0 Å². The lowest BCUT2D eigenvalue weighted by Crippen LogP contribution is -2.64. The predicted molar refractivity (Wildman–Crippen MR) is 95.1 cm³/mol. The molecule has 0 saturated carbocycles. The van der Waals surface area contributed by atoms with E-state index in [4.69, 9.17) is 14.2 Å². The first kappa shape index (κ1) is 23.9. The molecule has 2 rings (SSSR count). The van der Waals surface area contributed by atoms with Gasteiger partial charge in [0.05, 0.1) is 19.3 Å². The number of aliphatic hydroxyl groups is 7. The topological polar surface area (TPSA) is 169 Å². The van der Waals surface area contributed by atoms with Gasteiger partial charge < -0.3 is 50.0 Å². The Morgan fingerprint density at radius 1 is 0.714 bits per heavy atom. The molecule has 2 aliphatic heterocycles. The summed E-state index contributed by atoms with van der Waals surface area (Å²) in [6, 6.07) is 0. The average Bonchev–Trinajstić information content (AvgIpc) is 2.63. The standard InChI is InChI=1S/C18H34O10/c1-18(2,3)5-4-8-12(22)16(13(23)10(7-20)26-8)28-17-15(25)14(24)11(21)9(6-19)27-17/h8-17,19-25H,4-7H2,1-3H3/t8-,9?,10?,11-,12?,13-,14-,15?,16+,17-/m0/s1. The molecule has 0 aliphatic carbocycles. The van der Waals surface area contributed by atoms with E-state index in [0.29, 0.717) is 12.8 Å². The van der Waals surface area contributed by atoms with Crippen LogP contribution in [0.1, 0.15) is 33.6 Å². The molecule has 28 heavy (non-hydrogen) atoms. The average molecular weight is 410 g/mol. The minimum atomic E-state index is -1.67. The van der Waals surface area contributed by atoms with Gasteiger partial charge in [-0.3, -0.25) is 0 Å². The van der Waals surface area contributed by atoms with Crippen LogP contribution >= 0.6 is 0 Å². The minimum absolute atomic E-state index is 0.0263. The first-order chi connectivity index (χ1) is 13.0. The number of aliphatic hydroxyl groups excluding tert-OH is 7. The summed E-state index contributed by atoms with van der Waals surface area (Å²) in [5.74, 6) is 0. The number of ether oxygens (including phenoxy) is 3. The third-order valence-electron chi connectivity index (χ3n) is 5.28. The Morgan fingerprint density at radius 2 is 1.25 bits per heavy atom. The Balaban J connectivity index is 2.14. The van der Waals surface area contributed by atoms with E-state index >= 15 is 0 Å². The third kappa shape index (κ3) is 5.39. The molecule has 10 heteroatoms. The molecule has 0 radical (unpaired) electrons. The van der Waals surface area contributed by atoms with E-state index in [1.807, 2.05) is 20.8 Å². The van der Waals surface area contributed by atoms with E-state index in [1.54, 1.807) is 0 Å². The fraction of sp³-hybridized carbons (Fsp3) is 1.00. The van der Waals surface area contributed by atoms with E-state index in [1.165, 1.54) is 0 Å². The van der Waals surface area contributed by atoms with Crippen LogP contribution in [0, 0.1) is 5.41 Å². The van der Waals surface area contributed by atoms with Gasteiger partial charge in [-0.15, -0.1) is 0 Å². The van der Waals surface area contributed by atoms with Crippen LogP contribution in [0.2, 0.25) is 0 Å². The van der Waals surface area contributed by atoms with Gasteiger partial charge in [0.2, 0.25) is 0 Å². The van der Waals surface area contributed by atoms with Gasteiger partial charge >= 0.3 is 0 Å². The first-order valence-electron chi connectivity index (χ1n) is 9.58. The highest BCUT2D eigenvalue weighted by Crippen LogP contribution is 2.32. The van der Waals surface area contributed by atoms with Crippen LogP contribution in [0.4, 0.5) is 0 Å². The van der Waals surface area contributed by atoms with Crippen LogP contribution in [-0.2, 0) is 14.2 Å². The Bertz CT molecular complexity index is 481. The van der Waals surface area contributed by atoms with E-state index in [0.717, 1.165) is 0 Å². The smallest absolute Gasteiger partial charge is 0.187 e. The molecule has 0 aromatic rings. The Kier molecular flexibility index (Phi) is 8.19. The lowest BCUT2D eigenvalue weighted by atomic mass is 9.85. The molecule has 0 aromatic heterocycles. The molecule has 166 valence electrons. The summed E-state index contributed by atoms with van der Waals surface area (Å²) in [5, 5.41) is 69.8. The predicted octanol–water partition coefficient (Wildman–Crippen LogP) is -2.52. The molecule has 4 unspecified atom stereocenters. The Hall–Kier alpha value is -0.400. The molecule has 0 spiro atoms. The molecule has 10 nitrogen and oxygen atoms in total. The molecular weight excluding hydrogens is 376 g/mol. The SMILES string of the molecule is CC(C)(C)CC[C@@H]1OC(CO)[C@H](O)[C@H](O[C@@H]2OC(CO)[C@H](O)[C@H](O)C2O)C1O. The van der Waals surface area contributed by atoms with Crippen molar-refractivity contribution in [3.05, 3.63) is 0 Å². The van der Waals surface area contributed by atoms with Crippen molar-refractivity contribution in [1.29, 1.82) is 0 Å². The summed E-state index contributed by atoms with van der Waals surface area (Å²) in [6.07, 6.45) is -12.1. The maximum atomic E-state index is 10.7. The molecule has 2 aliphatic rings. The molecule has 0 aromatic carbocycles. The third-order valence-corrected chi connectivity index (χ3v) is 5.28. The van der Waals surface area contributed by atoms with Crippen LogP contribution in [0.5, 0.6) is 0 Å². The van der Waals surface area contributed by atoms with Gasteiger partial charge in [-0.2, -0.15) is 0 Å². The second-order valence-corrected chi connectivity index (χ2v) is 8.77. The van der Waals surface area contributed by atoms with Crippen LogP contribution in [0.3, 0.4) is 0 Å². The highest BCUT2D eigenvalue weighted by molar-refractivity contribution is 4.96. The minimum Gasteiger partial charge on any atom is -0.394 e. The van der Waals surface area contributed by atoms with Crippen molar-refractivity contribution >= 4 is 0 Å². The molecule has 2 heterocycles. The molecule has 2 saturated heterocycles. The van der Waals surface area contributed by atoms with Crippen LogP contribution < -0.4 is 0 Å². The normalized spacial score (nSPS) is 45.2. The van der Waals surface area contributed by atoms with Gasteiger partial charge in [0.25, 0.3) is 0 Å². The number of hydrogen-bond acceptors (Lipinski definition) is 10. The maximum absolute atomic E-state index is 10.7. The molecule has 2 fully saturated rings. The second-order valence-electron chi connectivity index (χ2n) is 8.77. The van der Waals surface area contributed by atoms with Crippen molar-refractivity contribution in [2.45, 2.75) is 94.8 Å². The summed E-state index contributed by atoms with van der Waals surface area (Å²) < 4.78 is 16.5. The van der Waals surface area contributed by atoms with E-state index in [9.17, 15) is 35.7 Å². The van der Waals surface area contributed by atoms with Crippen LogP contribution in [-0.4, -0.2) is 110 Å². The van der Waals surface area contributed by atoms with Gasteiger partial charge in [-0.25, -0.2) is 0 Å². The largest absolute Gasteiger partial charge is 0.394 e. The molecular formula is C18H34O10. The van der Waals surface area contributed by atoms with Crippen molar-refractivity contribution in [2.75, 3.05) is 13.2 Å². The van der Waals surface area contributed by atoms with Crippen molar-refractivity contribution in [2.24, 2.45) is 5.41 Å². The summed E-state index contributed by atoms with van der Waals surface area (Å²) in [4.78, 5) is 0. The Morgan fingerprint density at radius 3 is 1.79 bits per heavy atom. The van der Waals surface area contributed by atoms with E-state index < -0.39 is 74.4 Å². The molecule has 0 bridgehead atoms. The zero-order chi connectivity index (χ0) is 21.2. The molecule has 0 amide bonds. The zero-order valence-electron chi connectivity index (χ0n) is 16.5. The second kappa shape index (κ2) is 9.61. The van der Waals surface area contributed by atoms with Crippen LogP contribution in [0.15, 0.2) is 0 Å². The summed E-state index contributed by atoms with van der Waals surface area (Å²) in [7, 11) is 0. The van der Waals surface area contributed by atoms with Gasteiger partial charge in [-0.1, -0.05) is 20.8 Å². The van der Waals surface area contributed by atoms with E-state index in [-0.39, 0.29) is 5.41 Å². The monoisotopic (exact) mass is 410 g/mol. The van der Waals surface area contributed by atoms with Gasteiger partial charge in [0.15, 0.2) is 6.29 Å². The lowest BCUT2D eigenvalue weighted by Gasteiger charge is -2.46. The van der Waals surface area contributed by atoms with Crippen molar-refractivity contribution < 1.29 is 50.0 Å². The fourth-order valence-electron chi connectivity index (χ4n) is 3.47. The number of rotatable bonds is 6. The van der Waals surface area contributed by atoms with Crippen LogP contribution in [0.25, 0.3) is 0 Å². The summed E-state index contributed by atoms with van der Waals surface area (Å²) in [6.45, 7) is 4.96. The van der Waals surface area contributed by atoms with Gasteiger partial charge in [-0.05, 0) is 18.3 Å². The Labute approximate surface area is 164 Å². The van der Waals surface area contributed by atoms with Gasteiger partial charge in [0, 0.05) is 0 Å². The van der Waals surface area contributed by atoms with Crippen molar-refractivity contribution in [1.82, 2.24) is 0 Å². The van der Waals surface area contributed by atoms with Gasteiger partial charge in [0.1, 0.15) is 48.8 Å². The zero-order valence-corrected chi connectivity index (χ0v) is 16.5. The first-order valence-corrected chi connectivity index (χ1v) is 9.58.